The molecule has 0 spiro atoms. The van der Waals surface area contributed by atoms with E-state index >= 15 is 0 Å². The molecule has 0 fully saturated rings. The average Bonchev–Trinajstić information content (AvgIpc) is 3.23. The quantitative estimate of drug-likeness (QED) is 0.438. The molecule has 0 N–H and O–H groups in total. The lowest BCUT2D eigenvalue weighted by atomic mass is 10.2. The number of benzene rings is 2. The standard InChI is InChI=1S/C24H19N5O2/c1-28-15-18(13-27-28)23-12-20(9-10-25-23)31-19-7-8-22-21(11-19)24(30)29(16-26-22)14-17-5-3-2-4-6-17/h2-13,15-16H,14H2,1H3. The Hall–Kier alpha value is -4.26. The molecule has 5 aromatic rings. The van der Waals surface area contributed by atoms with E-state index in [1.165, 1.54) is 0 Å². The minimum Gasteiger partial charge on any atom is -0.457 e. The maximum atomic E-state index is 13.0. The van der Waals surface area contributed by atoms with Crippen LogP contribution in [0.15, 0.2) is 90.4 Å². The van der Waals surface area contributed by atoms with E-state index < -0.39 is 0 Å². The van der Waals surface area contributed by atoms with Crippen molar-refractivity contribution in [1.82, 2.24) is 24.3 Å². The average molecular weight is 409 g/mol. The zero-order valence-electron chi connectivity index (χ0n) is 16.8. The van der Waals surface area contributed by atoms with Crippen LogP contribution in [0.4, 0.5) is 0 Å². The van der Waals surface area contributed by atoms with Crippen molar-refractivity contribution in [1.29, 1.82) is 0 Å². The molecule has 0 aliphatic carbocycles. The van der Waals surface area contributed by atoms with Gasteiger partial charge in [0.2, 0.25) is 0 Å². The number of nitrogens with zero attached hydrogens (tertiary/aromatic N) is 5. The predicted octanol–water partition coefficient (Wildman–Crippen LogP) is 4.03. The zero-order chi connectivity index (χ0) is 21.2. The van der Waals surface area contributed by atoms with Crippen LogP contribution in [0.3, 0.4) is 0 Å². The van der Waals surface area contributed by atoms with E-state index in [1.54, 1.807) is 52.2 Å². The summed E-state index contributed by atoms with van der Waals surface area (Å²) >= 11 is 0. The highest BCUT2D eigenvalue weighted by molar-refractivity contribution is 5.79. The van der Waals surface area contributed by atoms with Crippen molar-refractivity contribution in [3.8, 4) is 22.8 Å². The molecule has 2 aromatic carbocycles. The molecule has 31 heavy (non-hydrogen) atoms. The number of aromatic nitrogens is 5. The van der Waals surface area contributed by atoms with Crippen molar-refractivity contribution < 1.29 is 4.74 Å². The fourth-order valence-electron chi connectivity index (χ4n) is 3.42. The Morgan fingerprint density at radius 3 is 2.61 bits per heavy atom. The molecule has 152 valence electrons. The van der Waals surface area contributed by atoms with Crippen LogP contribution >= 0.6 is 0 Å². The first-order chi connectivity index (χ1) is 15.2. The van der Waals surface area contributed by atoms with Crippen molar-refractivity contribution in [2.75, 3.05) is 0 Å². The van der Waals surface area contributed by atoms with Gasteiger partial charge in [-0.3, -0.25) is 19.0 Å². The number of fused-ring (bicyclic) bond motifs is 1. The van der Waals surface area contributed by atoms with Crippen LogP contribution in [-0.2, 0) is 13.6 Å². The number of pyridine rings is 1. The molecular weight excluding hydrogens is 390 g/mol. The molecule has 7 nitrogen and oxygen atoms in total. The SMILES string of the molecule is Cn1cc(-c2cc(Oc3ccc4ncn(Cc5ccccc5)c(=O)c4c3)ccn2)cn1. The maximum Gasteiger partial charge on any atom is 0.261 e. The summed E-state index contributed by atoms with van der Waals surface area (Å²) in [6, 6.07) is 18.8. The smallest absolute Gasteiger partial charge is 0.261 e. The molecular formula is C24H19N5O2. The molecule has 0 aliphatic rings. The Kier molecular flexibility index (Phi) is 4.76. The summed E-state index contributed by atoms with van der Waals surface area (Å²) in [5, 5.41) is 4.69. The van der Waals surface area contributed by atoms with Gasteiger partial charge < -0.3 is 4.74 Å². The van der Waals surface area contributed by atoms with Crippen molar-refractivity contribution in [3.05, 3.63) is 101 Å². The third kappa shape index (κ3) is 3.93. The summed E-state index contributed by atoms with van der Waals surface area (Å²) in [5.74, 6) is 1.19. The van der Waals surface area contributed by atoms with Crippen molar-refractivity contribution in [2.45, 2.75) is 6.54 Å². The van der Waals surface area contributed by atoms with Gasteiger partial charge in [-0.05, 0) is 29.8 Å². The molecule has 0 saturated heterocycles. The summed E-state index contributed by atoms with van der Waals surface area (Å²) in [7, 11) is 1.86. The third-order valence-corrected chi connectivity index (χ3v) is 4.96. The summed E-state index contributed by atoms with van der Waals surface area (Å²) < 4.78 is 9.35. The molecule has 0 atom stereocenters. The van der Waals surface area contributed by atoms with Crippen LogP contribution in [0.25, 0.3) is 22.2 Å². The van der Waals surface area contributed by atoms with Gasteiger partial charge in [-0.1, -0.05) is 30.3 Å². The first kappa shape index (κ1) is 18.7. The number of ether oxygens (including phenoxy) is 1. The van der Waals surface area contributed by atoms with Crippen LogP contribution in [-0.4, -0.2) is 24.3 Å². The predicted molar refractivity (Wildman–Crippen MR) is 118 cm³/mol. The Bertz CT molecular complexity index is 1420. The van der Waals surface area contributed by atoms with Gasteiger partial charge in [-0.25, -0.2) is 4.98 Å². The van der Waals surface area contributed by atoms with E-state index in [2.05, 4.69) is 15.1 Å². The molecule has 3 heterocycles. The van der Waals surface area contributed by atoms with E-state index in [0.717, 1.165) is 16.8 Å². The van der Waals surface area contributed by atoms with Gasteiger partial charge >= 0.3 is 0 Å². The van der Waals surface area contributed by atoms with E-state index in [9.17, 15) is 4.79 Å². The summed E-state index contributed by atoms with van der Waals surface area (Å²) in [4.78, 5) is 21.8. The van der Waals surface area contributed by atoms with Gasteiger partial charge in [0.15, 0.2) is 0 Å². The van der Waals surface area contributed by atoms with E-state index in [1.807, 2.05) is 49.6 Å². The van der Waals surface area contributed by atoms with Gasteiger partial charge in [-0.15, -0.1) is 0 Å². The van der Waals surface area contributed by atoms with Gasteiger partial charge in [-0.2, -0.15) is 5.10 Å². The topological polar surface area (TPSA) is 74.8 Å². The van der Waals surface area contributed by atoms with Gasteiger partial charge in [0.05, 0.1) is 35.7 Å². The highest BCUT2D eigenvalue weighted by Crippen LogP contribution is 2.26. The zero-order valence-corrected chi connectivity index (χ0v) is 16.8. The fourth-order valence-corrected chi connectivity index (χ4v) is 3.42. The lowest BCUT2D eigenvalue weighted by Crippen LogP contribution is -2.21. The lowest BCUT2D eigenvalue weighted by molar-refractivity contribution is 0.483. The molecule has 0 saturated carbocycles. The van der Waals surface area contributed by atoms with E-state index in [4.69, 9.17) is 4.74 Å². The molecule has 0 amide bonds. The minimum absolute atomic E-state index is 0.106. The second-order valence-corrected chi connectivity index (χ2v) is 7.22. The van der Waals surface area contributed by atoms with Crippen molar-refractivity contribution in [2.24, 2.45) is 7.05 Å². The first-order valence-corrected chi connectivity index (χ1v) is 9.82. The highest BCUT2D eigenvalue weighted by atomic mass is 16.5. The normalized spacial score (nSPS) is 11.0. The number of rotatable bonds is 5. The fraction of sp³-hybridized carbons (Fsp3) is 0.0833. The number of hydrogen-bond donors (Lipinski definition) is 0. The molecule has 0 unspecified atom stereocenters. The molecule has 5 rings (SSSR count). The summed E-state index contributed by atoms with van der Waals surface area (Å²) in [6.45, 7) is 0.465. The van der Waals surface area contributed by atoms with Crippen LogP contribution in [0.1, 0.15) is 5.56 Å². The van der Waals surface area contributed by atoms with Crippen LogP contribution in [0, 0.1) is 0 Å². The largest absolute Gasteiger partial charge is 0.457 e. The third-order valence-electron chi connectivity index (χ3n) is 4.96. The second-order valence-electron chi connectivity index (χ2n) is 7.22. The molecule has 0 aliphatic heterocycles. The Balaban J connectivity index is 1.46. The summed E-state index contributed by atoms with van der Waals surface area (Å²) in [6.07, 6.45) is 6.92. The van der Waals surface area contributed by atoms with Crippen LogP contribution in [0.2, 0.25) is 0 Å². The van der Waals surface area contributed by atoms with Gasteiger partial charge in [0, 0.05) is 31.1 Å². The van der Waals surface area contributed by atoms with Crippen LogP contribution in [0.5, 0.6) is 11.5 Å². The Labute approximate surface area is 178 Å². The highest BCUT2D eigenvalue weighted by Gasteiger charge is 2.09. The van der Waals surface area contributed by atoms with E-state index in [0.29, 0.717) is 28.9 Å². The number of hydrogen-bond acceptors (Lipinski definition) is 5. The van der Waals surface area contributed by atoms with Crippen LogP contribution < -0.4 is 10.3 Å². The molecule has 0 radical (unpaired) electrons. The Morgan fingerprint density at radius 2 is 1.81 bits per heavy atom. The monoisotopic (exact) mass is 409 g/mol. The summed E-state index contributed by atoms with van der Waals surface area (Å²) in [5.41, 5.74) is 3.23. The maximum absolute atomic E-state index is 13.0. The van der Waals surface area contributed by atoms with Gasteiger partial charge in [0.25, 0.3) is 5.56 Å². The molecule has 0 bridgehead atoms. The van der Waals surface area contributed by atoms with Crippen molar-refractivity contribution in [3.63, 3.8) is 0 Å². The van der Waals surface area contributed by atoms with Crippen molar-refractivity contribution >= 4 is 10.9 Å². The van der Waals surface area contributed by atoms with E-state index in [-0.39, 0.29) is 5.56 Å². The number of aryl methyl sites for hydroxylation is 1. The molecule has 3 aromatic heterocycles. The van der Waals surface area contributed by atoms with Gasteiger partial charge in [0.1, 0.15) is 11.5 Å². The molecule has 7 heteroatoms. The Morgan fingerprint density at radius 1 is 0.968 bits per heavy atom. The second kappa shape index (κ2) is 7.87. The lowest BCUT2D eigenvalue weighted by Gasteiger charge is -2.09. The first-order valence-electron chi connectivity index (χ1n) is 9.82. The minimum atomic E-state index is -0.106.